The molecule has 0 aromatic carbocycles. The minimum atomic E-state index is -0.0706. The van der Waals surface area contributed by atoms with E-state index in [1.807, 2.05) is 0 Å². The van der Waals surface area contributed by atoms with Gasteiger partial charge in [-0.25, -0.2) is 0 Å². The highest BCUT2D eigenvalue weighted by Crippen LogP contribution is 1.98. The number of aromatic nitrogens is 3. The lowest BCUT2D eigenvalue weighted by Crippen LogP contribution is -1.78. The number of nitrogens with one attached hydrogen (secondary N) is 1. The SMILES string of the molecule is C=C(O)c1c[nH]nn1. The molecular weight excluding hydrogens is 106 g/mol. The predicted molar refractivity (Wildman–Crippen MR) is 28.0 cm³/mol. The van der Waals surface area contributed by atoms with E-state index in [0.29, 0.717) is 5.69 Å². The van der Waals surface area contributed by atoms with E-state index in [-0.39, 0.29) is 5.76 Å². The molecule has 4 heteroatoms. The van der Waals surface area contributed by atoms with Crippen LogP contribution in [-0.2, 0) is 0 Å². The van der Waals surface area contributed by atoms with Crippen LogP contribution in [0.25, 0.3) is 5.76 Å². The van der Waals surface area contributed by atoms with Crippen molar-refractivity contribution >= 4 is 5.76 Å². The molecule has 1 heterocycles. The first-order chi connectivity index (χ1) is 3.80. The fourth-order valence-corrected chi connectivity index (χ4v) is 0.343. The zero-order chi connectivity index (χ0) is 5.98. The van der Waals surface area contributed by atoms with Crippen molar-refractivity contribution in [2.45, 2.75) is 0 Å². The van der Waals surface area contributed by atoms with Gasteiger partial charge in [-0.15, -0.1) is 5.10 Å². The normalized spacial score (nSPS) is 9.00. The van der Waals surface area contributed by atoms with E-state index < -0.39 is 0 Å². The second-order valence-electron chi connectivity index (χ2n) is 1.31. The molecule has 0 spiro atoms. The number of hydrogen-bond donors (Lipinski definition) is 2. The first-order valence-corrected chi connectivity index (χ1v) is 2.05. The number of hydrogen-bond acceptors (Lipinski definition) is 3. The van der Waals surface area contributed by atoms with Crippen LogP contribution in [0.4, 0.5) is 0 Å². The maximum absolute atomic E-state index is 8.60. The average Bonchev–Trinajstić information content (AvgIpc) is 2.12. The summed E-state index contributed by atoms with van der Waals surface area (Å²) in [5.41, 5.74) is 0.380. The molecule has 0 amide bonds. The lowest BCUT2D eigenvalue weighted by Gasteiger charge is -1.82. The fraction of sp³-hybridized carbons (Fsp3) is 0. The van der Waals surface area contributed by atoms with Gasteiger partial charge in [0, 0.05) is 0 Å². The van der Waals surface area contributed by atoms with E-state index in [1.54, 1.807) is 0 Å². The molecule has 0 aliphatic carbocycles. The molecule has 2 N–H and O–H groups in total. The molecule has 0 bridgehead atoms. The van der Waals surface area contributed by atoms with Crippen LogP contribution >= 0.6 is 0 Å². The fourth-order valence-electron chi connectivity index (χ4n) is 0.343. The van der Waals surface area contributed by atoms with Crippen molar-refractivity contribution in [2.75, 3.05) is 0 Å². The standard InChI is InChI=1S/C4H5N3O/c1-3(8)4-2-5-7-6-4/h2,8H,1H2,(H,5,6,7). The van der Waals surface area contributed by atoms with Gasteiger partial charge in [0.25, 0.3) is 0 Å². The average molecular weight is 111 g/mol. The second-order valence-corrected chi connectivity index (χ2v) is 1.31. The Kier molecular flexibility index (Phi) is 0.997. The van der Waals surface area contributed by atoms with Crippen molar-refractivity contribution in [1.82, 2.24) is 15.4 Å². The van der Waals surface area contributed by atoms with E-state index in [0.717, 1.165) is 0 Å². The topological polar surface area (TPSA) is 61.8 Å². The quantitative estimate of drug-likeness (QED) is 0.513. The molecule has 4 nitrogen and oxygen atoms in total. The van der Waals surface area contributed by atoms with Gasteiger partial charge in [0.1, 0.15) is 11.5 Å². The summed E-state index contributed by atoms with van der Waals surface area (Å²) in [7, 11) is 0. The second kappa shape index (κ2) is 1.65. The number of aliphatic hydroxyl groups excluding tert-OH is 1. The molecule has 0 atom stereocenters. The van der Waals surface area contributed by atoms with Crippen LogP contribution in [0.15, 0.2) is 12.8 Å². The minimum absolute atomic E-state index is 0.0706. The maximum Gasteiger partial charge on any atom is 0.146 e. The molecule has 8 heavy (non-hydrogen) atoms. The summed E-state index contributed by atoms with van der Waals surface area (Å²) in [5.74, 6) is -0.0706. The summed E-state index contributed by atoms with van der Waals surface area (Å²) < 4.78 is 0. The Morgan fingerprint density at radius 1 is 1.88 bits per heavy atom. The first-order valence-electron chi connectivity index (χ1n) is 2.05. The number of aromatic amines is 1. The Bertz CT molecular complexity index is 179. The van der Waals surface area contributed by atoms with Gasteiger partial charge in [-0.2, -0.15) is 0 Å². The summed E-state index contributed by atoms with van der Waals surface area (Å²) in [6.07, 6.45) is 1.46. The van der Waals surface area contributed by atoms with Crippen LogP contribution in [0.5, 0.6) is 0 Å². The van der Waals surface area contributed by atoms with Gasteiger partial charge >= 0.3 is 0 Å². The van der Waals surface area contributed by atoms with Crippen molar-refractivity contribution in [1.29, 1.82) is 0 Å². The Balaban J connectivity index is 2.93. The predicted octanol–water partition coefficient (Wildman–Crippen LogP) is 0.333. The van der Waals surface area contributed by atoms with E-state index in [2.05, 4.69) is 22.0 Å². The van der Waals surface area contributed by atoms with Crippen molar-refractivity contribution in [3.8, 4) is 0 Å². The molecule has 0 unspecified atom stereocenters. The maximum atomic E-state index is 8.60. The van der Waals surface area contributed by atoms with Crippen LogP contribution in [0.2, 0.25) is 0 Å². The molecule has 0 saturated carbocycles. The highest BCUT2D eigenvalue weighted by Gasteiger charge is 1.94. The highest BCUT2D eigenvalue weighted by atomic mass is 16.3. The molecule has 1 rings (SSSR count). The third-order valence-electron chi connectivity index (χ3n) is 0.712. The smallest absolute Gasteiger partial charge is 0.146 e. The molecule has 0 saturated heterocycles. The summed E-state index contributed by atoms with van der Waals surface area (Å²) in [6.45, 7) is 3.23. The molecule has 0 aliphatic heterocycles. The van der Waals surface area contributed by atoms with Crippen molar-refractivity contribution in [2.24, 2.45) is 0 Å². The zero-order valence-electron chi connectivity index (χ0n) is 4.13. The van der Waals surface area contributed by atoms with E-state index in [1.165, 1.54) is 6.20 Å². The first kappa shape index (κ1) is 4.83. The van der Waals surface area contributed by atoms with Crippen molar-refractivity contribution in [3.63, 3.8) is 0 Å². The third-order valence-corrected chi connectivity index (χ3v) is 0.712. The lowest BCUT2D eigenvalue weighted by molar-refractivity contribution is 0.510. The number of aliphatic hydroxyl groups is 1. The molecule has 42 valence electrons. The number of rotatable bonds is 1. The monoisotopic (exact) mass is 111 g/mol. The minimum Gasteiger partial charge on any atom is -0.506 e. The molecule has 0 fully saturated rings. The van der Waals surface area contributed by atoms with Gasteiger partial charge in [0.05, 0.1) is 6.20 Å². The van der Waals surface area contributed by atoms with Crippen LogP contribution in [-0.4, -0.2) is 20.5 Å². The van der Waals surface area contributed by atoms with Gasteiger partial charge in [-0.1, -0.05) is 11.8 Å². The Hall–Kier alpha value is -1.32. The van der Waals surface area contributed by atoms with Crippen LogP contribution in [0, 0.1) is 0 Å². The zero-order valence-corrected chi connectivity index (χ0v) is 4.13. The van der Waals surface area contributed by atoms with Gasteiger partial charge in [-0.05, 0) is 0 Å². The Morgan fingerprint density at radius 2 is 2.62 bits per heavy atom. The Labute approximate surface area is 45.9 Å². The van der Waals surface area contributed by atoms with E-state index in [9.17, 15) is 0 Å². The largest absolute Gasteiger partial charge is 0.506 e. The van der Waals surface area contributed by atoms with Crippen molar-refractivity contribution < 1.29 is 5.11 Å². The number of H-pyrrole nitrogens is 1. The molecule has 1 aromatic rings. The summed E-state index contributed by atoms with van der Waals surface area (Å²) in [6, 6.07) is 0. The lowest BCUT2D eigenvalue weighted by atomic mass is 10.4. The summed E-state index contributed by atoms with van der Waals surface area (Å²) in [5, 5.41) is 17.8. The van der Waals surface area contributed by atoms with Gasteiger partial charge in [0.2, 0.25) is 0 Å². The van der Waals surface area contributed by atoms with E-state index in [4.69, 9.17) is 5.11 Å². The van der Waals surface area contributed by atoms with Crippen LogP contribution in [0.3, 0.4) is 0 Å². The van der Waals surface area contributed by atoms with Gasteiger partial charge in [-0.3, -0.25) is 5.10 Å². The van der Waals surface area contributed by atoms with Gasteiger partial charge in [0.15, 0.2) is 0 Å². The molecule has 1 aromatic heterocycles. The van der Waals surface area contributed by atoms with Crippen LogP contribution in [0.1, 0.15) is 5.69 Å². The Morgan fingerprint density at radius 3 is 2.88 bits per heavy atom. The highest BCUT2D eigenvalue weighted by molar-refractivity contribution is 5.49. The van der Waals surface area contributed by atoms with Gasteiger partial charge < -0.3 is 5.11 Å². The van der Waals surface area contributed by atoms with E-state index >= 15 is 0 Å². The number of nitrogens with zero attached hydrogens (tertiary/aromatic N) is 2. The van der Waals surface area contributed by atoms with Crippen LogP contribution < -0.4 is 0 Å². The third kappa shape index (κ3) is 0.676. The van der Waals surface area contributed by atoms with Crippen molar-refractivity contribution in [3.05, 3.63) is 18.5 Å². The summed E-state index contributed by atoms with van der Waals surface area (Å²) in [4.78, 5) is 0. The molecule has 0 aliphatic rings. The summed E-state index contributed by atoms with van der Waals surface area (Å²) >= 11 is 0. The molecule has 0 radical (unpaired) electrons. The molecular formula is C4H5N3O.